The third-order valence-electron chi connectivity index (χ3n) is 5.61. The van der Waals surface area contributed by atoms with E-state index in [1.54, 1.807) is 50.2 Å². The molecule has 2 heterocycles. The standard InChI is InChI=1S/C25H27N5O7/c1-4-36-18-11-14(21-20(24(33)35-3)13(2)26-25(34)28-21)9-10-17(18)37-12-19(31)29-30-22-15-7-5-6-8-16(15)27-23(22)32/h5-11,19,21,27,31-32H,4,12H2,1-3H3,(H2,26,28,34)/t19-,21-/m1/s1. The summed E-state index contributed by atoms with van der Waals surface area (Å²) in [5.74, 6) is -0.0839. The molecule has 0 spiro atoms. The van der Waals surface area contributed by atoms with Gasteiger partial charge in [0.2, 0.25) is 12.1 Å². The number of methoxy groups -OCH3 is 1. The third-order valence-corrected chi connectivity index (χ3v) is 5.61. The van der Waals surface area contributed by atoms with Crippen molar-refractivity contribution in [3.8, 4) is 17.4 Å². The number of carbonyl (C=O) groups excluding carboxylic acids is 2. The lowest BCUT2D eigenvalue weighted by Gasteiger charge is -2.28. The molecule has 1 aliphatic rings. The second-order valence-corrected chi connectivity index (χ2v) is 8.08. The van der Waals surface area contributed by atoms with E-state index in [4.69, 9.17) is 14.2 Å². The number of hydrogen-bond acceptors (Lipinski definition) is 9. The van der Waals surface area contributed by atoms with Crippen LogP contribution in [-0.2, 0) is 9.53 Å². The summed E-state index contributed by atoms with van der Waals surface area (Å²) in [5, 5.41) is 34.1. The van der Waals surface area contributed by atoms with Gasteiger partial charge < -0.3 is 40.0 Å². The third kappa shape index (κ3) is 5.48. The number of fused-ring (bicyclic) bond motifs is 1. The zero-order chi connectivity index (χ0) is 26.5. The topological polar surface area (TPSA) is 167 Å². The summed E-state index contributed by atoms with van der Waals surface area (Å²) < 4.78 is 16.3. The van der Waals surface area contributed by atoms with Crippen molar-refractivity contribution < 1.29 is 34.0 Å². The Morgan fingerprint density at radius 3 is 2.70 bits per heavy atom. The average molecular weight is 510 g/mol. The molecule has 37 heavy (non-hydrogen) atoms. The van der Waals surface area contributed by atoms with Crippen molar-refractivity contribution in [2.24, 2.45) is 10.2 Å². The van der Waals surface area contributed by atoms with Gasteiger partial charge in [0.25, 0.3) is 0 Å². The van der Waals surface area contributed by atoms with Gasteiger partial charge in [0.05, 0.1) is 30.8 Å². The van der Waals surface area contributed by atoms with Crippen molar-refractivity contribution >= 4 is 28.6 Å². The summed E-state index contributed by atoms with van der Waals surface area (Å²) in [7, 11) is 1.27. The zero-order valence-corrected chi connectivity index (χ0v) is 20.4. The van der Waals surface area contributed by atoms with Crippen molar-refractivity contribution in [2.75, 3.05) is 20.3 Å². The maximum atomic E-state index is 12.4. The molecule has 4 rings (SSSR count). The lowest BCUT2D eigenvalue weighted by Crippen LogP contribution is -2.45. The summed E-state index contributed by atoms with van der Waals surface area (Å²) in [6.07, 6.45) is -1.33. The number of hydrogen-bond donors (Lipinski definition) is 5. The molecule has 12 heteroatoms. The Labute approximate surface area is 211 Å². The number of aromatic nitrogens is 1. The normalized spacial score (nSPS) is 16.4. The lowest BCUT2D eigenvalue weighted by atomic mass is 9.95. The Balaban J connectivity index is 1.51. The molecule has 2 atom stereocenters. The molecule has 0 saturated heterocycles. The maximum Gasteiger partial charge on any atom is 0.337 e. The number of para-hydroxylation sites is 1. The van der Waals surface area contributed by atoms with Crippen LogP contribution in [0.2, 0.25) is 0 Å². The van der Waals surface area contributed by atoms with Crippen LogP contribution in [0.15, 0.2) is 64.0 Å². The summed E-state index contributed by atoms with van der Waals surface area (Å²) in [6, 6.07) is 10.9. The fraction of sp³-hybridized carbons (Fsp3) is 0.280. The first-order valence-electron chi connectivity index (χ1n) is 11.5. The Morgan fingerprint density at radius 2 is 1.95 bits per heavy atom. The predicted octanol–water partition coefficient (Wildman–Crippen LogP) is 3.55. The van der Waals surface area contributed by atoms with Crippen LogP contribution in [0.4, 0.5) is 10.5 Å². The SMILES string of the molecule is CCOc1cc([C@H]2NC(=O)NC(C)=C2C(=O)OC)ccc1OC[C@@H](O)N=Nc1c(O)[nH]c2ccccc12. The molecular formula is C25H27N5O7. The second-order valence-electron chi connectivity index (χ2n) is 8.08. The van der Waals surface area contributed by atoms with E-state index in [-0.39, 0.29) is 23.7 Å². The Bertz CT molecular complexity index is 1380. The summed E-state index contributed by atoms with van der Waals surface area (Å²) in [4.78, 5) is 27.2. The van der Waals surface area contributed by atoms with Gasteiger partial charge in [-0.3, -0.25) is 0 Å². The summed E-state index contributed by atoms with van der Waals surface area (Å²) >= 11 is 0. The highest BCUT2D eigenvalue weighted by atomic mass is 16.5. The molecule has 194 valence electrons. The zero-order valence-electron chi connectivity index (χ0n) is 20.4. The first-order chi connectivity index (χ1) is 17.8. The Hall–Kier alpha value is -4.58. The summed E-state index contributed by atoms with van der Waals surface area (Å²) in [5.41, 5.74) is 2.11. The quantitative estimate of drug-likeness (QED) is 0.217. The van der Waals surface area contributed by atoms with E-state index in [9.17, 15) is 19.8 Å². The highest BCUT2D eigenvalue weighted by molar-refractivity contribution is 5.95. The van der Waals surface area contributed by atoms with Gasteiger partial charge in [0, 0.05) is 11.1 Å². The molecule has 2 amide bonds. The van der Waals surface area contributed by atoms with E-state index in [0.29, 0.717) is 40.3 Å². The highest BCUT2D eigenvalue weighted by Crippen LogP contribution is 2.36. The number of aliphatic hydroxyl groups excluding tert-OH is 1. The Morgan fingerprint density at radius 1 is 1.16 bits per heavy atom. The number of nitrogens with zero attached hydrogens (tertiary/aromatic N) is 2. The lowest BCUT2D eigenvalue weighted by molar-refractivity contribution is -0.136. The number of benzene rings is 2. The van der Waals surface area contributed by atoms with Gasteiger partial charge >= 0.3 is 12.0 Å². The number of rotatable bonds is 9. The second kappa shape index (κ2) is 11.0. The van der Waals surface area contributed by atoms with Crippen LogP contribution in [0.25, 0.3) is 10.9 Å². The van der Waals surface area contributed by atoms with Gasteiger partial charge in [-0.15, -0.1) is 5.11 Å². The van der Waals surface area contributed by atoms with Gasteiger partial charge in [-0.25, -0.2) is 9.59 Å². The Kier molecular flexibility index (Phi) is 7.58. The molecular weight excluding hydrogens is 482 g/mol. The van der Waals surface area contributed by atoms with Crippen LogP contribution < -0.4 is 20.1 Å². The number of azo groups is 1. The molecule has 0 saturated carbocycles. The van der Waals surface area contributed by atoms with Crippen LogP contribution in [0, 0.1) is 0 Å². The van der Waals surface area contributed by atoms with Crippen LogP contribution in [0.3, 0.4) is 0 Å². The van der Waals surface area contributed by atoms with Gasteiger partial charge in [0.15, 0.2) is 17.2 Å². The number of esters is 1. The van der Waals surface area contributed by atoms with E-state index < -0.39 is 24.3 Å². The van der Waals surface area contributed by atoms with Gasteiger partial charge in [-0.05, 0) is 37.6 Å². The highest BCUT2D eigenvalue weighted by Gasteiger charge is 2.32. The van der Waals surface area contributed by atoms with E-state index in [0.717, 1.165) is 0 Å². The molecule has 2 aromatic carbocycles. The van der Waals surface area contributed by atoms with Gasteiger partial charge in [0.1, 0.15) is 6.61 Å². The number of aliphatic hydroxyl groups is 1. The largest absolute Gasteiger partial charge is 0.493 e. The van der Waals surface area contributed by atoms with Gasteiger partial charge in [-0.1, -0.05) is 24.3 Å². The van der Waals surface area contributed by atoms with E-state index in [2.05, 4.69) is 25.8 Å². The van der Waals surface area contributed by atoms with Crippen molar-refractivity contribution in [2.45, 2.75) is 26.1 Å². The number of aromatic amines is 1. The fourth-order valence-corrected chi connectivity index (χ4v) is 3.95. The number of ether oxygens (including phenoxy) is 3. The number of amides is 2. The number of carbonyl (C=O) groups is 2. The molecule has 0 fully saturated rings. The van der Waals surface area contributed by atoms with E-state index in [1.807, 2.05) is 6.07 Å². The number of H-pyrrole nitrogens is 1. The van der Waals surface area contributed by atoms with E-state index >= 15 is 0 Å². The number of allylic oxidation sites excluding steroid dienone is 1. The molecule has 1 aromatic heterocycles. The number of aromatic hydroxyl groups is 1. The summed E-state index contributed by atoms with van der Waals surface area (Å²) in [6.45, 7) is 3.48. The molecule has 3 aromatic rings. The predicted molar refractivity (Wildman–Crippen MR) is 133 cm³/mol. The smallest absolute Gasteiger partial charge is 0.337 e. The van der Waals surface area contributed by atoms with E-state index in [1.165, 1.54) is 7.11 Å². The molecule has 0 aliphatic carbocycles. The monoisotopic (exact) mass is 509 g/mol. The average Bonchev–Trinajstić information content (AvgIpc) is 3.20. The molecule has 0 bridgehead atoms. The fourth-order valence-electron chi connectivity index (χ4n) is 3.95. The van der Waals surface area contributed by atoms with Crippen LogP contribution in [0.1, 0.15) is 25.5 Å². The number of urea groups is 1. The maximum absolute atomic E-state index is 12.4. The molecule has 5 N–H and O–H groups in total. The first-order valence-corrected chi connectivity index (χ1v) is 11.5. The van der Waals surface area contributed by atoms with Crippen LogP contribution in [0.5, 0.6) is 17.4 Å². The molecule has 1 aliphatic heterocycles. The van der Waals surface area contributed by atoms with Crippen molar-refractivity contribution in [3.63, 3.8) is 0 Å². The molecule has 0 radical (unpaired) electrons. The molecule has 0 unspecified atom stereocenters. The van der Waals surface area contributed by atoms with Gasteiger partial charge in [-0.2, -0.15) is 5.11 Å². The van der Waals surface area contributed by atoms with Crippen molar-refractivity contribution in [3.05, 3.63) is 59.3 Å². The van der Waals surface area contributed by atoms with Crippen LogP contribution >= 0.6 is 0 Å². The minimum absolute atomic E-state index is 0.159. The number of nitrogens with one attached hydrogen (secondary N) is 3. The van der Waals surface area contributed by atoms with Crippen molar-refractivity contribution in [1.29, 1.82) is 0 Å². The minimum atomic E-state index is -1.33. The molecule has 12 nitrogen and oxygen atoms in total. The minimum Gasteiger partial charge on any atom is -0.493 e. The van der Waals surface area contributed by atoms with Crippen LogP contribution in [-0.4, -0.2) is 53.7 Å². The first kappa shape index (κ1) is 25.5. The van der Waals surface area contributed by atoms with Crippen molar-refractivity contribution in [1.82, 2.24) is 15.6 Å².